The lowest BCUT2D eigenvalue weighted by atomic mass is 10.2. The summed E-state index contributed by atoms with van der Waals surface area (Å²) in [5.41, 5.74) is 0.517. The second kappa shape index (κ2) is 6.14. The number of nitrogens with zero attached hydrogens (tertiary/aromatic N) is 2. The minimum Gasteiger partial charge on any atom is -0.328 e. The van der Waals surface area contributed by atoms with Crippen LogP contribution in [0.3, 0.4) is 0 Å². The number of carbonyl (C=O) groups excluding carboxylic acids is 1. The van der Waals surface area contributed by atoms with Crippen LogP contribution in [0.25, 0.3) is 0 Å². The van der Waals surface area contributed by atoms with Gasteiger partial charge in [-0.05, 0) is 18.6 Å². The van der Waals surface area contributed by atoms with E-state index in [-0.39, 0.29) is 5.91 Å². The van der Waals surface area contributed by atoms with Crippen molar-refractivity contribution in [3.63, 3.8) is 0 Å². The molecule has 1 rings (SSSR count). The first-order valence-electron chi connectivity index (χ1n) is 5.03. The summed E-state index contributed by atoms with van der Waals surface area (Å²) in [7, 11) is 0. The van der Waals surface area contributed by atoms with Gasteiger partial charge in [-0.15, -0.1) is 6.42 Å². The number of hydrogen-bond donors (Lipinski definition) is 0. The summed E-state index contributed by atoms with van der Waals surface area (Å²) in [4.78, 5) is 17.5. The summed E-state index contributed by atoms with van der Waals surface area (Å²) in [6.45, 7) is 2.95. The zero-order chi connectivity index (χ0) is 12.0. The Morgan fingerprint density at radius 1 is 1.69 bits per heavy atom. The van der Waals surface area contributed by atoms with E-state index in [4.69, 9.17) is 18.0 Å². The molecular formula is C12H13ClN2O. The lowest BCUT2D eigenvalue weighted by Crippen LogP contribution is -2.32. The van der Waals surface area contributed by atoms with Gasteiger partial charge in [-0.25, -0.2) is 4.98 Å². The van der Waals surface area contributed by atoms with Gasteiger partial charge in [-0.3, -0.25) is 4.79 Å². The molecular weight excluding hydrogens is 224 g/mol. The first kappa shape index (κ1) is 12.5. The molecule has 84 valence electrons. The Kier molecular flexibility index (Phi) is 4.81. The zero-order valence-electron chi connectivity index (χ0n) is 9.11. The minimum absolute atomic E-state index is 0.107. The maximum atomic E-state index is 12.0. The molecule has 0 unspecified atom stereocenters. The van der Waals surface area contributed by atoms with E-state index in [1.165, 1.54) is 6.20 Å². The normalized spacial score (nSPS) is 9.56. The molecule has 0 saturated carbocycles. The van der Waals surface area contributed by atoms with Crippen molar-refractivity contribution < 1.29 is 4.79 Å². The van der Waals surface area contributed by atoms with Gasteiger partial charge in [-0.2, -0.15) is 0 Å². The third-order valence-corrected chi connectivity index (χ3v) is 2.24. The van der Waals surface area contributed by atoms with E-state index >= 15 is 0 Å². The monoisotopic (exact) mass is 236 g/mol. The molecule has 0 aliphatic rings. The molecule has 16 heavy (non-hydrogen) atoms. The Bertz CT molecular complexity index is 412. The SMILES string of the molecule is C#CCN(CCC)C(=O)c1ccnc(Cl)c1. The topological polar surface area (TPSA) is 33.2 Å². The molecule has 1 heterocycles. The van der Waals surface area contributed by atoms with Crippen molar-refractivity contribution in [2.75, 3.05) is 13.1 Å². The van der Waals surface area contributed by atoms with E-state index in [2.05, 4.69) is 10.9 Å². The zero-order valence-corrected chi connectivity index (χ0v) is 9.87. The summed E-state index contributed by atoms with van der Waals surface area (Å²) in [5.74, 6) is 2.37. The van der Waals surface area contributed by atoms with Crippen molar-refractivity contribution in [1.82, 2.24) is 9.88 Å². The summed E-state index contributed by atoms with van der Waals surface area (Å²) >= 11 is 5.73. The largest absolute Gasteiger partial charge is 0.328 e. The van der Waals surface area contributed by atoms with Gasteiger partial charge in [0.05, 0.1) is 6.54 Å². The molecule has 3 nitrogen and oxygen atoms in total. The fraction of sp³-hybridized carbons (Fsp3) is 0.333. The predicted octanol–water partition coefficient (Wildman–Crippen LogP) is 2.22. The number of hydrogen-bond acceptors (Lipinski definition) is 2. The van der Waals surface area contributed by atoms with Gasteiger partial charge >= 0.3 is 0 Å². The van der Waals surface area contributed by atoms with Crippen LogP contribution in [0.15, 0.2) is 18.3 Å². The Hall–Kier alpha value is -1.53. The fourth-order valence-electron chi connectivity index (χ4n) is 1.35. The van der Waals surface area contributed by atoms with Crippen molar-refractivity contribution in [2.45, 2.75) is 13.3 Å². The van der Waals surface area contributed by atoms with Crippen LogP contribution in [-0.4, -0.2) is 28.9 Å². The predicted molar refractivity (Wildman–Crippen MR) is 64.3 cm³/mol. The fourth-order valence-corrected chi connectivity index (χ4v) is 1.52. The Balaban J connectivity index is 2.86. The average molecular weight is 237 g/mol. The smallest absolute Gasteiger partial charge is 0.254 e. The molecule has 0 atom stereocenters. The molecule has 0 fully saturated rings. The Morgan fingerprint density at radius 2 is 2.44 bits per heavy atom. The van der Waals surface area contributed by atoms with Crippen LogP contribution in [0.5, 0.6) is 0 Å². The van der Waals surface area contributed by atoms with Crippen LogP contribution >= 0.6 is 11.6 Å². The third kappa shape index (κ3) is 3.25. The van der Waals surface area contributed by atoms with Crippen molar-refractivity contribution in [3.05, 3.63) is 29.0 Å². The molecule has 0 N–H and O–H groups in total. The van der Waals surface area contributed by atoms with Gasteiger partial charge in [-0.1, -0.05) is 24.4 Å². The first-order valence-corrected chi connectivity index (χ1v) is 5.41. The first-order chi connectivity index (χ1) is 7.69. The lowest BCUT2D eigenvalue weighted by molar-refractivity contribution is 0.0777. The lowest BCUT2D eigenvalue weighted by Gasteiger charge is -2.19. The van der Waals surface area contributed by atoms with Crippen LogP contribution in [0.2, 0.25) is 5.15 Å². The van der Waals surface area contributed by atoms with Crippen LogP contribution in [0.4, 0.5) is 0 Å². The van der Waals surface area contributed by atoms with Gasteiger partial charge in [0, 0.05) is 18.3 Å². The third-order valence-electron chi connectivity index (χ3n) is 2.04. The minimum atomic E-state index is -0.107. The average Bonchev–Trinajstić information content (AvgIpc) is 2.28. The van der Waals surface area contributed by atoms with Crippen LogP contribution in [0.1, 0.15) is 23.7 Å². The molecule has 0 bridgehead atoms. The van der Waals surface area contributed by atoms with E-state index in [1.54, 1.807) is 17.0 Å². The molecule has 4 heteroatoms. The second-order valence-corrected chi connectivity index (χ2v) is 3.69. The van der Waals surface area contributed by atoms with Crippen molar-refractivity contribution in [1.29, 1.82) is 0 Å². The molecule has 0 spiro atoms. The van der Waals surface area contributed by atoms with Gasteiger partial charge in [0.25, 0.3) is 5.91 Å². The van der Waals surface area contributed by atoms with Gasteiger partial charge in [0.1, 0.15) is 5.15 Å². The molecule has 0 radical (unpaired) electrons. The van der Waals surface area contributed by atoms with Gasteiger partial charge < -0.3 is 4.90 Å². The number of halogens is 1. The van der Waals surface area contributed by atoms with Crippen molar-refractivity contribution >= 4 is 17.5 Å². The summed E-state index contributed by atoms with van der Waals surface area (Å²) in [6.07, 6.45) is 7.60. The van der Waals surface area contributed by atoms with E-state index in [1.807, 2.05) is 6.92 Å². The Labute approximate surface area is 100 Å². The van der Waals surface area contributed by atoms with E-state index < -0.39 is 0 Å². The standard InChI is InChI=1S/C12H13ClN2O/c1-3-7-15(8-4-2)12(16)10-5-6-14-11(13)9-10/h1,5-6,9H,4,7-8H2,2H3. The highest BCUT2D eigenvalue weighted by Gasteiger charge is 2.14. The molecule has 0 aliphatic carbocycles. The molecule has 1 aromatic rings. The maximum Gasteiger partial charge on any atom is 0.254 e. The van der Waals surface area contributed by atoms with Crippen molar-refractivity contribution in [3.8, 4) is 12.3 Å². The highest BCUT2D eigenvalue weighted by Crippen LogP contribution is 2.10. The van der Waals surface area contributed by atoms with E-state index in [0.29, 0.717) is 23.8 Å². The number of terminal acetylenes is 1. The van der Waals surface area contributed by atoms with E-state index in [9.17, 15) is 4.79 Å². The number of amides is 1. The molecule has 1 aromatic heterocycles. The molecule has 1 amide bonds. The second-order valence-electron chi connectivity index (χ2n) is 3.30. The quantitative estimate of drug-likeness (QED) is 0.593. The summed E-state index contributed by atoms with van der Waals surface area (Å²) < 4.78 is 0. The van der Waals surface area contributed by atoms with Gasteiger partial charge in [0.2, 0.25) is 0 Å². The number of carbonyl (C=O) groups is 1. The van der Waals surface area contributed by atoms with Crippen LogP contribution in [0, 0.1) is 12.3 Å². The summed E-state index contributed by atoms with van der Waals surface area (Å²) in [6, 6.07) is 3.18. The number of rotatable bonds is 4. The maximum absolute atomic E-state index is 12.0. The van der Waals surface area contributed by atoms with Crippen molar-refractivity contribution in [2.24, 2.45) is 0 Å². The summed E-state index contributed by atoms with van der Waals surface area (Å²) in [5, 5.41) is 0.308. The Morgan fingerprint density at radius 3 is 3.00 bits per heavy atom. The van der Waals surface area contributed by atoms with Gasteiger partial charge in [0.15, 0.2) is 0 Å². The van der Waals surface area contributed by atoms with Crippen LogP contribution < -0.4 is 0 Å². The highest BCUT2D eigenvalue weighted by molar-refractivity contribution is 6.29. The van der Waals surface area contributed by atoms with Crippen LogP contribution in [-0.2, 0) is 0 Å². The highest BCUT2D eigenvalue weighted by atomic mass is 35.5. The molecule has 0 saturated heterocycles. The molecule has 0 aromatic carbocycles. The van der Waals surface area contributed by atoms with E-state index in [0.717, 1.165) is 6.42 Å². The molecule has 0 aliphatic heterocycles. The number of aromatic nitrogens is 1. The number of pyridine rings is 1.